The molecule has 3 aromatic rings. The Labute approximate surface area is 157 Å². The summed E-state index contributed by atoms with van der Waals surface area (Å²) < 4.78 is 14.1. The fraction of sp³-hybridized carbons (Fsp3) is 0.250. The second kappa shape index (κ2) is 7.64. The molecule has 0 aliphatic heterocycles. The van der Waals surface area contributed by atoms with Crippen LogP contribution < -0.4 is 5.30 Å². The summed E-state index contributed by atoms with van der Waals surface area (Å²) in [4.78, 5) is 0. The molecule has 3 rings (SSSR count). The summed E-state index contributed by atoms with van der Waals surface area (Å²) in [7, 11) is -2.53. The van der Waals surface area contributed by atoms with E-state index < -0.39 is 7.14 Å². The maximum absolute atomic E-state index is 14.1. The number of rotatable bonds is 5. The van der Waals surface area contributed by atoms with Gasteiger partial charge >= 0.3 is 0 Å². The Kier molecular flexibility index (Phi) is 5.49. The monoisotopic (exact) mass is 362 g/mol. The molecule has 0 atom stereocenters. The van der Waals surface area contributed by atoms with Crippen LogP contribution in [0.25, 0.3) is 22.3 Å². The molecule has 3 aromatic carbocycles. The standard InChI is InChI=1S/C24H27OP/c1-18(2)26(25,19(3)4)24-17-11-10-16-23(24)22-15-9-8-14-21(22)20-12-6-5-7-13-20/h5-19H,1-4H3. The molecule has 1 nitrogen and oxygen atoms in total. The Morgan fingerprint density at radius 1 is 0.577 bits per heavy atom. The lowest BCUT2D eigenvalue weighted by Gasteiger charge is -2.29. The van der Waals surface area contributed by atoms with Crippen molar-refractivity contribution in [1.29, 1.82) is 0 Å². The summed E-state index contributed by atoms with van der Waals surface area (Å²) in [6.45, 7) is 8.34. The second-order valence-corrected chi connectivity index (χ2v) is 11.3. The van der Waals surface area contributed by atoms with Gasteiger partial charge < -0.3 is 4.57 Å². The van der Waals surface area contributed by atoms with Crippen LogP contribution >= 0.6 is 7.14 Å². The van der Waals surface area contributed by atoms with Crippen LogP contribution in [0.15, 0.2) is 78.9 Å². The zero-order valence-electron chi connectivity index (χ0n) is 16.0. The van der Waals surface area contributed by atoms with Crippen LogP contribution in [0.5, 0.6) is 0 Å². The zero-order chi connectivity index (χ0) is 18.7. The van der Waals surface area contributed by atoms with Gasteiger partial charge in [0.2, 0.25) is 0 Å². The first-order valence-corrected chi connectivity index (χ1v) is 11.1. The molecular weight excluding hydrogens is 335 g/mol. The first-order chi connectivity index (χ1) is 12.5. The van der Waals surface area contributed by atoms with Crippen LogP contribution in [0.3, 0.4) is 0 Å². The van der Waals surface area contributed by atoms with E-state index in [1.165, 1.54) is 11.1 Å². The van der Waals surface area contributed by atoms with E-state index in [4.69, 9.17) is 0 Å². The molecule has 0 unspecified atom stereocenters. The topological polar surface area (TPSA) is 17.1 Å². The third-order valence-corrected chi connectivity index (χ3v) is 9.33. The van der Waals surface area contributed by atoms with Crippen molar-refractivity contribution >= 4 is 12.4 Å². The number of hydrogen-bond acceptors (Lipinski definition) is 1. The fourth-order valence-electron chi connectivity index (χ4n) is 3.75. The molecule has 0 saturated carbocycles. The van der Waals surface area contributed by atoms with Crippen molar-refractivity contribution in [2.75, 3.05) is 0 Å². The Morgan fingerprint density at radius 2 is 1.04 bits per heavy atom. The Bertz CT molecular complexity index is 914. The van der Waals surface area contributed by atoms with Crippen LogP contribution in [0.4, 0.5) is 0 Å². The van der Waals surface area contributed by atoms with Crippen molar-refractivity contribution in [1.82, 2.24) is 0 Å². The van der Waals surface area contributed by atoms with Crippen molar-refractivity contribution < 1.29 is 4.57 Å². The maximum atomic E-state index is 14.1. The molecule has 0 heterocycles. The van der Waals surface area contributed by atoms with Crippen LogP contribution in [-0.2, 0) is 4.57 Å². The molecule has 0 saturated heterocycles. The molecule has 2 heteroatoms. The van der Waals surface area contributed by atoms with E-state index in [-0.39, 0.29) is 11.3 Å². The molecule has 134 valence electrons. The average Bonchev–Trinajstić information content (AvgIpc) is 2.67. The largest absolute Gasteiger partial charge is 0.318 e. The van der Waals surface area contributed by atoms with E-state index >= 15 is 0 Å². The molecule has 0 aliphatic carbocycles. The summed E-state index contributed by atoms with van der Waals surface area (Å²) in [6, 6.07) is 27.1. The highest BCUT2D eigenvalue weighted by atomic mass is 31.2. The van der Waals surface area contributed by atoms with Gasteiger partial charge in [0.25, 0.3) is 0 Å². The zero-order valence-corrected chi connectivity index (χ0v) is 16.9. The predicted molar refractivity (Wildman–Crippen MR) is 115 cm³/mol. The van der Waals surface area contributed by atoms with Gasteiger partial charge in [-0.25, -0.2) is 0 Å². The number of benzene rings is 3. The van der Waals surface area contributed by atoms with E-state index in [0.29, 0.717) is 0 Å². The Morgan fingerprint density at radius 3 is 1.62 bits per heavy atom. The first-order valence-electron chi connectivity index (χ1n) is 9.30. The molecule has 0 fully saturated rings. The van der Waals surface area contributed by atoms with Gasteiger partial charge in [0.15, 0.2) is 0 Å². The minimum Gasteiger partial charge on any atom is -0.318 e. The van der Waals surface area contributed by atoms with Crippen molar-refractivity contribution in [3.8, 4) is 22.3 Å². The minimum absolute atomic E-state index is 0.118. The molecule has 0 aliphatic rings. The lowest BCUT2D eigenvalue weighted by molar-refractivity contribution is 0.569. The Hall–Kier alpha value is -2.11. The minimum atomic E-state index is -2.53. The van der Waals surface area contributed by atoms with E-state index in [1.54, 1.807) is 0 Å². The van der Waals surface area contributed by atoms with Gasteiger partial charge in [-0.05, 0) is 22.3 Å². The van der Waals surface area contributed by atoms with Crippen LogP contribution in [0.2, 0.25) is 0 Å². The van der Waals surface area contributed by atoms with Gasteiger partial charge in [0.1, 0.15) is 7.14 Å². The summed E-state index contributed by atoms with van der Waals surface area (Å²) in [5, 5.41) is 1.01. The van der Waals surface area contributed by atoms with Crippen LogP contribution in [0, 0.1) is 0 Å². The van der Waals surface area contributed by atoms with E-state index in [0.717, 1.165) is 16.4 Å². The average molecular weight is 362 g/mol. The maximum Gasteiger partial charge on any atom is 0.121 e. The third-order valence-electron chi connectivity index (χ3n) is 5.12. The fourth-order valence-corrected chi connectivity index (χ4v) is 6.94. The van der Waals surface area contributed by atoms with Crippen molar-refractivity contribution in [2.45, 2.75) is 39.0 Å². The second-order valence-electron chi connectivity index (χ2n) is 7.33. The molecule has 0 aromatic heterocycles. The SMILES string of the molecule is CC(C)P(=O)(c1ccccc1-c1ccccc1-c1ccccc1)C(C)C. The summed E-state index contributed by atoms with van der Waals surface area (Å²) in [6.07, 6.45) is 0. The Balaban J connectivity index is 2.27. The van der Waals surface area contributed by atoms with Crippen molar-refractivity contribution in [3.05, 3.63) is 78.9 Å². The normalized spacial score (nSPS) is 11.9. The van der Waals surface area contributed by atoms with Crippen LogP contribution in [-0.4, -0.2) is 11.3 Å². The molecule has 0 radical (unpaired) electrons. The van der Waals surface area contributed by atoms with Gasteiger partial charge in [-0.1, -0.05) is 107 Å². The van der Waals surface area contributed by atoms with Crippen molar-refractivity contribution in [3.63, 3.8) is 0 Å². The molecule has 0 N–H and O–H groups in total. The predicted octanol–water partition coefficient (Wildman–Crippen LogP) is 6.83. The van der Waals surface area contributed by atoms with E-state index in [2.05, 4.69) is 88.4 Å². The highest BCUT2D eigenvalue weighted by molar-refractivity contribution is 7.73. The van der Waals surface area contributed by atoms with Gasteiger partial charge in [-0.15, -0.1) is 0 Å². The molecular formula is C24H27OP. The van der Waals surface area contributed by atoms with Gasteiger partial charge in [-0.3, -0.25) is 0 Å². The van der Waals surface area contributed by atoms with E-state index in [1.807, 2.05) is 18.2 Å². The van der Waals surface area contributed by atoms with Gasteiger partial charge in [0, 0.05) is 16.6 Å². The van der Waals surface area contributed by atoms with Crippen molar-refractivity contribution in [2.24, 2.45) is 0 Å². The van der Waals surface area contributed by atoms with Gasteiger partial charge in [0.05, 0.1) is 0 Å². The lowest BCUT2D eigenvalue weighted by atomic mass is 9.95. The lowest BCUT2D eigenvalue weighted by Crippen LogP contribution is -2.21. The molecule has 0 amide bonds. The third kappa shape index (κ3) is 3.29. The molecule has 26 heavy (non-hydrogen) atoms. The summed E-state index contributed by atoms with van der Waals surface area (Å²) >= 11 is 0. The van der Waals surface area contributed by atoms with Crippen LogP contribution in [0.1, 0.15) is 27.7 Å². The molecule has 0 bridgehead atoms. The van der Waals surface area contributed by atoms with E-state index in [9.17, 15) is 4.57 Å². The highest BCUT2D eigenvalue weighted by Gasteiger charge is 2.34. The van der Waals surface area contributed by atoms with Gasteiger partial charge in [-0.2, -0.15) is 0 Å². The quantitative estimate of drug-likeness (QED) is 0.455. The highest BCUT2D eigenvalue weighted by Crippen LogP contribution is 2.55. The summed E-state index contributed by atoms with van der Waals surface area (Å²) in [5.74, 6) is 0. The smallest absolute Gasteiger partial charge is 0.121 e. The number of hydrogen-bond donors (Lipinski definition) is 0. The summed E-state index contributed by atoms with van der Waals surface area (Å²) in [5.41, 5.74) is 4.84. The molecule has 0 spiro atoms. The first kappa shape index (κ1) is 18.7.